The van der Waals surface area contributed by atoms with Gasteiger partial charge in [-0.15, -0.1) is 0 Å². The van der Waals surface area contributed by atoms with Crippen molar-refractivity contribution < 1.29 is 9.59 Å². The largest absolute Gasteiger partial charge is 0.352 e. The highest BCUT2D eigenvalue weighted by Gasteiger charge is 2.11. The summed E-state index contributed by atoms with van der Waals surface area (Å²) in [6.07, 6.45) is 0.653. The second-order valence-corrected chi connectivity index (χ2v) is 5.50. The Labute approximate surface area is 136 Å². The Balaban J connectivity index is 1.84. The van der Waals surface area contributed by atoms with E-state index in [1.54, 1.807) is 0 Å². The number of anilines is 1. The van der Waals surface area contributed by atoms with Crippen LogP contribution in [0.3, 0.4) is 0 Å². The Morgan fingerprint density at radius 3 is 2.52 bits per heavy atom. The molecule has 0 saturated carbocycles. The number of rotatable bonds is 6. The van der Waals surface area contributed by atoms with Crippen molar-refractivity contribution in [3.05, 3.63) is 65.2 Å². The van der Waals surface area contributed by atoms with E-state index in [1.165, 1.54) is 0 Å². The third kappa shape index (κ3) is 5.25. The van der Waals surface area contributed by atoms with Crippen molar-refractivity contribution in [2.45, 2.75) is 33.2 Å². The van der Waals surface area contributed by atoms with E-state index in [-0.39, 0.29) is 18.2 Å². The lowest BCUT2D eigenvalue weighted by Crippen LogP contribution is -2.28. The summed E-state index contributed by atoms with van der Waals surface area (Å²) < 4.78 is 0. The molecule has 2 aromatic carbocycles. The summed E-state index contributed by atoms with van der Waals surface area (Å²) in [5, 5.41) is 5.57. The van der Waals surface area contributed by atoms with Gasteiger partial charge in [0, 0.05) is 12.2 Å². The Morgan fingerprint density at radius 2 is 1.78 bits per heavy atom. The molecule has 2 rings (SSSR count). The third-order valence-corrected chi connectivity index (χ3v) is 3.57. The number of nitrogens with one attached hydrogen (secondary N) is 2. The second kappa shape index (κ2) is 8.13. The van der Waals surface area contributed by atoms with E-state index in [4.69, 9.17) is 0 Å². The van der Waals surface area contributed by atoms with E-state index in [2.05, 4.69) is 10.6 Å². The Morgan fingerprint density at radius 1 is 1.00 bits per heavy atom. The molecule has 0 unspecified atom stereocenters. The molecule has 4 nitrogen and oxygen atoms in total. The topological polar surface area (TPSA) is 58.2 Å². The van der Waals surface area contributed by atoms with Crippen molar-refractivity contribution in [3.63, 3.8) is 0 Å². The van der Waals surface area contributed by atoms with Crippen LogP contribution in [0.25, 0.3) is 0 Å². The summed E-state index contributed by atoms with van der Waals surface area (Å²) in [5.41, 5.74) is 3.99. The van der Waals surface area contributed by atoms with E-state index in [9.17, 15) is 9.59 Å². The lowest BCUT2D eigenvalue weighted by molar-refractivity contribution is -0.126. The highest BCUT2D eigenvalue weighted by molar-refractivity contribution is 6.03. The van der Waals surface area contributed by atoms with Gasteiger partial charge in [-0.1, -0.05) is 55.0 Å². The first-order chi connectivity index (χ1) is 11.1. The summed E-state index contributed by atoms with van der Waals surface area (Å²) in [6, 6.07) is 15.5. The fourth-order valence-corrected chi connectivity index (χ4v) is 2.38. The van der Waals surface area contributed by atoms with Crippen LogP contribution in [0, 0.1) is 6.92 Å². The van der Waals surface area contributed by atoms with Gasteiger partial charge in [0.2, 0.25) is 11.8 Å². The van der Waals surface area contributed by atoms with Crippen LogP contribution < -0.4 is 10.6 Å². The number of carbonyl (C=O) groups excluding carboxylic acids is 2. The Bertz CT molecular complexity index is 695. The molecule has 0 spiro atoms. The zero-order valence-electron chi connectivity index (χ0n) is 13.6. The molecule has 0 aromatic heterocycles. The zero-order chi connectivity index (χ0) is 16.7. The minimum Gasteiger partial charge on any atom is -0.352 e. The van der Waals surface area contributed by atoms with Crippen LogP contribution in [0.4, 0.5) is 5.69 Å². The van der Waals surface area contributed by atoms with Crippen LogP contribution in [0.15, 0.2) is 48.5 Å². The maximum atomic E-state index is 12.0. The predicted octanol–water partition coefficient (Wildman–Crippen LogP) is 3.20. The molecule has 4 heteroatoms. The minimum absolute atomic E-state index is 0.177. The summed E-state index contributed by atoms with van der Waals surface area (Å²) in [4.78, 5) is 23.9. The van der Waals surface area contributed by atoms with E-state index < -0.39 is 0 Å². The van der Waals surface area contributed by atoms with Crippen molar-refractivity contribution >= 4 is 17.5 Å². The fourth-order valence-electron chi connectivity index (χ4n) is 2.38. The van der Waals surface area contributed by atoms with Gasteiger partial charge in [-0.2, -0.15) is 0 Å². The van der Waals surface area contributed by atoms with Crippen LogP contribution in [0.1, 0.15) is 30.0 Å². The number of hydrogen-bond acceptors (Lipinski definition) is 2. The maximum Gasteiger partial charge on any atom is 0.233 e. The first-order valence-corrected chi connectivity index (χ1v) is 7.78. The Hall–Kier alpha value is -2.62. The molecular formula is C19H22N2O2. The van der Waals surface area contributed by atoms with Crippen LogP contribution in [0.5, 0.6) is 0 Å². The minimum atomic E-state index is -0.298. The van der Waals surface area contributed by atoms with E-state index in [0.29, 0.717) is 6.54 Å². The number of para-hydroxylation sites is 1. The number of amides is 2. The highest BCUT2D eigenvalue weighted by atomic mass is 16.2. The monoisotopic (exact) mass is 310 g/mol. The van der Waals surface area contributed by atoms with Gasteiger partial charge in [-0.25, -0.2) is 0 Å². The van der Waals surface area contributed by atoms with Gasteiger partial charge in [0.1, 0.15) is 6.42 Å². The first kappa shape index (κ1) is 16.7. The smallest absolute Gasteiger partial charge is 0.233 e. The third-order valence-electron chi connectivity index (χ3n) is 3.57. The molecule has 120 valence electrons. The van der Waals surface area contributed by atoms with Gasteiger partial charge < -0.3 is 10.6 Å². The molecule has 0 radical (unpaired) electrons. The molecule has 0 saturated heterocycles. The molecule has 0 bridgehead atoms. The summed E-state index contributed by atoms with van der Waals surface area (Å²) in [7, 11) is 0. The first-order valence-electron chi connectivity index (χ1n) is 7.78. The van der Waals surface area contributed by atoms with Crippen LogP contribution in [-0.4, -0.2) is 11.8 Å². The molecule has 2 amide bonds. The van der Waals surface area contributed by atoms with Gasteiger partial charge in [0.15, 0.2) is 0 Å². The molecule has 0 aliphatic carbocycles. The lowest BCUT2D eigenvalue weighted by Gasteiger charge is -2.10. The van der Waals surface area contributed by atoms with Crippen molar-refractivity contribution in [3.8, 4) is 0 Å². The predicted molar refractivity (Wildman–Crippen MR) is 92.1 cm³/mol. The van der Waals surface area contributed by atoms with Crippen molar-refractivity contribution in [1.29, 1.82) is 0 Å². The van der Waals surface area contributed by atoms with E-state index in [1.807, 2.05) is 62.4 Å². The molecule has 0 heterocycles. The molecule has 0 aliphatic rings. The zero-order valence-corrected chi connectivity index (χ0v) is 13.6. The van der Waals surface area contributed by atoms with Crippen molar-refractivity contribution in [2.24, 2.45) is 0 Å². The number of hydrogen-bond donors (Lipinski definition) is 2. The van der Waals surface area contributed by atoms with E-state index >= 15 is 0 Å². The van der Waals surface area contributed by atoms with Gasteiger partial charge in [-0.05, 0) is 30.5 Å². The van der Waals surface area contributed by atoms with Crippen LogP contribution in [0.2, 0.25) is 0 Å². The molecule has 0 aliphatic heterocycles. The fraction of sp³-hybridized carbons (Fsp3) is 0.263. The normalized spacial score (nSPS) is 10.2. The lowest BCUT2D eigenvalue weighted by atomic mass is 10.1. The average molecular weight is 310 g/mol. The van der Waals surface area contributed by atoms with E-state index in [0.717, 1.165) is 28.8 Å². The summed E-state index contributed by atoms with van der Waals surface area (Å²) in [5.74, 6) is -0.578. The van der Waals surface area contributed by atoms with Gasteiger partial charge in [0.25, 0.3) is 0 Å². The average Bonchev–Trinajstić information content (AvgIpc) is 2.53. The SMILES string of the molecule is CCc1ccccc1NC(=O)CC(=O)NCc1cccc(C)c1. The standard InChI is InChI=1S/C19H22N2O2/c1-3-16-9-4-5-10-17(16)21-19(23)12-18(22)20-13-15-8-6-7-14(2)11-15/h4-11H,3,12-13H2,1-2H3,(H,20,22)(H,21,23). The quantitative estimate of drug-likeness (QED) is 0.805. The van der Waals surface area contributed by atoms with Crippen molar-refractivity contribution in [2.75, 3.05) is 5.32 Å². The summed E-state index contributed by atoms with van der Waals surface area (Å²) >= 11 is 0. The Kier molecular flexibility index (Phi) is 5.92. The van der Waals surface area contributed by atoms with Crippen molar-refractivity contribution in [1.82, 2.24) is 5.32 Å². The molecule has 0 atom stereocenters. The summed E-state index contributed by atoms with van der Waals surface area (Å²) in [6.45, 7) is 4.46. The van der Waals surface area contributed by atoms with Gasteiger partial charge in [-0.3, -0.25) is 9.59 Å². The molecule has 23 heavy (non-hydrogen) atoms. The maximum absolute atomic E-state index is 12.0. The van der Waals surface area contributed by atoms with Gasteiger partial charge in [0.05, 0.1) is 0 Å². The van der Waals surface area contributed by atoms with Gasteiger partial charge >= 0.3 is 0 Å². The highest BCUT2D eigenvalue weighted by Crippen LogP contribution is 2.15. The number of aryl methyl sites for hydroxylation is 2. The molecule has 2 aromatic rings. The number of carbonyl (C=O) groups is 2. The molecule has 2 N–H and O–H groups in total. The second-order valence-electron chi connectivity index (χ2n) is 5.50. The molecular weight excluding hydrogens is 288 g/mol. The van der Waals surface area contributed by atoms with Crippen LogP contribution >= 0.6 is 0 Å². The number of benzene rings is 2. The van der Waals surface area contributed by atoms with Crippen LogP contribution in [-0.2, 0) is 22.6 Å². The molecule has 0 fully saturated rings.